The molecule has 1 atom stereocenters. The fraction of sp³-hybridized carbons (Fsp3) is 0.400. The van der Waals surface area contributed by atoms with Crippen molar-refractivity contribution >= 4 is 5.91 Å². The number of amides is 1. The van der Waals surface area contributed by atoms with E-state index < -0.39 is 0 Å². The van der Waals surface area contributed by atoms with Crippen molar-refractivity contribution in [3.8, 4) is 11.1 Å². The van der Waals surface area contributed by atoms with Crippen molar-refractivity contribution in [3.05, 3.63) is 53.9 Å². The Morgan fingerprint density at radius 1 is 1.36 bits per heavy atom. The Balaban J connectivity index is 1.70. The first-order valence-electron chi connectivity index (χ1n) is 8.92. The minimum absolute atomic E-state index is 0.116. The van der Waals surface area contributed by atoms with Gasteiger partial charge in [0.15, 0.2) is 0 Å². The number of carbonyl (C=O) groups is 1. The zero-order valence-electron chi connectivity index (χ0n) is 14.7. The van der Waals surface area contributed by atoms with Gasteiger partial charge in [0.05, 0.1) is 0 Å². The number of likely N-dealkylation sites (tertiary alicyclic amines) is 1. The number of benzene rings is 1. The Kier molecular flexibility index (Phi) is 5.79. The number of nitrogens with two attached hydrogens (primary N) is 1. The van der Waals surface area contributed by atoms with Crippen molar-refractivity contribution in [1.29, 1.82) is 0 Å². The quantitative estimate of drug-likeness (QED) is 0.848. The lowest BCUT2D eigenvalue weighted by molar-refractivity contribution is 0.0946. The summed E-state index contributed by atoms with van der Waals surface area (Å²) < 4.78 is 0. The van der Waals surface area contributed by atoms with Crippen LogP contribution in [0.1, 0.15) is 35.3 Å². The molecule has 0 spiro atoms. The molecule has 2 aromatic rings. The van der Waals surface area contributed by atoms with Crippen LogP contribution in [0.25, 0.3) is 11.1 Å². The van der Waals surface area contributed by atoms with Gasteiger partial charge in [-0.15, -0.1) is 0 Å². The highest BCUT2D eigenvalue weighted by Crippen LogP contribution is 2.23. The van der Waals surface area contributed by atoms with Crippen LogP contribution >= 0.6 is 0 Å². The Bertz CT molecular complexity index is 731. The summed E-state index contributed by atoms with van der Waals surface area (Å²) in [6, 6.07) is 12.3. The molecule has 1 fully saturated rings. The van der Waals surface area contributed by atoms with Crippen LogP contribution in [0.4, 0.5) is 0 Å². The highest BCUT2D eigenvalue weighted by atomic mass is 16.1. The third-order valence-electron chi connectivity index (χ3n) is 4.93. The molecule has 0 aliphatic carbocycles. The summed E-state index contributed by atoms with van der Waals surface area (Å²) in [6.07, 6.45) is 5.10. The third-order valence-corrected chi connectivity index (χ3v) is 4.93. The summed E-state index contributed by atoms with van der Waals surface area (Å²) in [5.41, 5.74) is 9.05. The van der Waals surface area contributed by atoms with Gasteiger partial charge in [-0.25, -0.2) is 0 Å². The Labute approximate surface area is 149 Å². The van der Waals surface area contributed by atoms with Gasteiger partial charge in [0.2, 0.25) is 0 Å². The van der Waals surface area contributed by atoms with E-state index in [1.165, 1.54) is 12.8 Å². The average molecular weight is 338 g/mol. The van der Waals surface area contributed by atoms with Crippen LogP contribution in [-0.4, -0.2) is 42.0 Å². The van der Waals surface area contributed by atoms with E-state index in [2.05, 4.69) is 22.2 Å². The van der Waals surface area contributed by atoms with E-state index in [4.69, 9.17) is 5.73 Å². The molecule has 3 rings (SSSR count). The minimum Gasteiger partial charge on any atom is -0.351 e. The summed E-state index contributed by atoms with van der Waals surface area (Å²) in [4.78, 5) is 19.3. The largest absolute Gasteiger partial charge is 0.351 e. The van der Waals surface area contributed by atoms with Crippen molar-refractivity contribution in [2.24, 2.45) is 5.73 Å². The number of aromatic nitrogens is 1. The van der Waals surface area contributed by atoms with E-state index in [0.29, 0.717) is 24.8 Å². The molecule has 3 N–H and O–H groups in total. The lowest BCUT2D eigenvalue weighted by atomic mass is 10.0. The van der Waals surface area contributed by atoms with E-state index >= 15 is 0 Å². The van der Waals surface area contributed by atoms with E-state index in [9.17, 15) is 4.79 Å². The predicted octanol–water partition coefficient (Wildman–Crippen LogP) is 2.42. The van der Waals surface area contributed by atoms with Gasteiger partial charge in [-0.1, -0.05) is 24.3 Å². The second-order valence-electron chi connectivity index (χ2n) is 6.63. The van der Waals surface area contributed by atoms with Gasteiger partial charge in [-0.05, 0) is 56.1 Å². The second-order valence-corrected chi connectivity index (χ2v) is 6.63. The topological polar surface area (TPSA) is 71.2 Å². The highest BCUT2D eigenvalue weighted by molar-refractivity contribution is 5.98. The first-order valence-corrected chi connectivity index (χ1v) is 8.92. The second kappa shape index (κ2) is 8.23. The number of hydrogen-bond acceptors (Lipinski definition) is 4. The summed E-state index contributed by atoms with van der Waals surface area (Å²) in [5, 5.41) is 3.03. The monoisotopic (exact) mass is 338 g/mol. The van der Waals surface area contributed by atoms with Crippen molar-refractivity contribution < 1.29 is 4.79 Å². The van der Waals surface area contributed by atoms with Gasteiger partial charge in [-0.3, -0.25) is 9.78 Å². The van der Waals surface area contributed by atoms with Crippen LogP contribution in [0.2, 0.25) is 0 Å². The van der Waals surface area contributed by atoms with E-state index in [-0.39, 0.29) is 5.91 Å². The number of rotatable bonds is 6. The van der Waals surface area contributed by atoms with Crippen molar-refractivity contribution in [2.45, 2.75) is 31.8 Å². The van der Waals surface area contributed by atoms with Crippen LogP contribution in [-0.2, 0) is 6.54 Å². The van der Waals surface area contributed by atoms with Gasteiger partial charge in [-0.2, -0.15) is 0 Å². The lowest BCUT2D eigenvalue weighted by Gasteiger charge is -2.19. The van der Waals surface area contributed by atoms with Crippen LogP contribution in [0.3, 0.4) is 0 Å². The molecule has 5 heteroatoms. The fourth-order valence-corrected chi connectivity index (χ4v) is 3.47. The maximum Gasteiger partial charge on any atom is 0.270 e. The first-order chi connectivity index (χ1) is 12.2. The third kappa shape index (κ3) is 4.24. The van der Waals surface area contributed by atoms with Gasteiger partial charge in [0.1, 0.15) is 5.69 Å². The molecule has 25 heavy (non-hydrogen) atoms. The molecule has 1 unspecified atom stereocenters. The summed E-state index contributed by atoms with van der Waals surface area (Å²) in [6.45, 7) is 2.30. The minimum atomic E-state index is -0.116. The fourth-order valence-electron chi connectivity index (χ4n) is 3.47. The molecule has 2 heterocycles. The van der Waals surface area contributed by atoms with Crippen LogP contribution in [0, 0.1) is 0 Å². The summed E-state index contributed by atoms with van der Waals surface area (Å²) in [7, 11) is 2.15. The van der Waals surface area contributed by atoms with E-state index in [0.717, 1.165) is 29.7 Å². The maximum absolute atomic E-state index is 12.6. The zero-order valence-corrected chi connectivity index (χ0v) is 14.7. The van der Waals surface area contributed by atoms with Crippen molar-refractivity contribution in [1.82, 2.24) is 15.2 Å². The van der Waals surface area contributed by atoms with Crippen LogP contribution in [0.5, 0.6) is 0 Å². The normalized spacial score (nSPS) is 17.6. The zero-order chi connectivity index (χ0) is 17.6. The molecular weight excluding hydrogens is 312 g/mol. The molecule has 1 aromatic heterocycles. The standard InChI is InChI=1S/C20H26N4O/c1-24-12-4-7-17(24)9-11-23-20(25)19-18(8-3-10-22-19)16-6-2-5-15(13-16)14-21/h2-3,5-6,8,10,13,17H,4,7,9,11-12,14,21H2,1H3,(H,23,25). The van der Waals surface area contributed by atoms with Crippen LogP contribution in [0.15, 0.2) is 42.6 Å². The summed E-state index contributed by atoms with van der Waals surface area (Å²) >= 11 is 0. The molecule has 1 aliphatic heterocycles. The first kappa shape index (κ1) is 17.6. The van der Waals surface area contributed by atoms with Gasteiger partial charge < -0.3 is 16.0 Å². The van der Waals surface area contributed by atoms with Crippen LogP contribution < -0.4 is 11.1 Å². The Morgan fingerprint density at radius 2 is 2.24 bits per heavy atom. The Hall–Kier alpha value is -2.24. The SMILES string of the molecule is CN1CCCC1CCNC(=O)c1ncccc1-c1cccc(CN)c1. The average Bonchev–Trinajstić information content (AvgIpc) is 3.06. The summed E-state index contributed by atoms with van der Waals surface area (Å²) in [5.74, 6) is -0.116. The molecule has 1 saturated heterocycles. The maximum atomic E-state index is 12.6. The molecule has 0 radical (unpaired) electrons. The molecule has 132 valence electrons. The van der Waals surface area contributed by atoms with E-state index in [1.807, 2.05) is 36.4 Å². The molecule has 1 amide bonds. The number of nitrogens with zero attached hydrogens (tertiary/aromatic N) is 2. The lowest BCUT2D eigenvalue weighted by Crippen LogP contribution is -2.32. The van der Waals surface area contributed by atoms with E-state index in [1.54, 1.807) is 6.20 Å². The van der Waals surface area contributed by atoms with Gasteiger partial charge >= 0.3 is 0 Å². The van der Waals surface area contributed by atoms with Gasteiger partial charge in [0, 0.05) is 30.9 Å². The number of carbonyl (C=O) groups excluding carboxylic acids is 1. The number of pyridine rings is 1. The number of hydrogen-bond donors (Lipinski definition) is 2. The molecule has 5 nitrogen and oxygen atoms in total. The number of nitrogens with one attached hydrogen (secondary N) is 1. The molecule has 0 saturated carbocycles. The van der Waals surface area contributed by atoms with Crippen molar-refractivity contribution in [2.75, 3.05) is 20.1 Å². The Morgan fingerprint density at radius 3 is 3.00 bits per heavy atom. The smallest absolute Gasteiger partial charge is 0.270 e. The molecule has 1 aliphatic rings. The van der Waals surface area contributed by atoms with Gasteiger partial charge in [0.25, 0.3) is 5.91 Å². The highest BCUT2D eigenvalue weighted by Gasteiger charge is 2.21. The molecular formula is C20H26N4O. The molecule has 1 aromatic carbocycles. The molecule has 0 bridgehead atoms. The predicted molar refractivity (Wildman–Crippen MR) is 100 cm³/mol. The van der Waals surface area contributed by atoms with Crippen molar-refractivity contribution in [3.63, 3.8) is 0 Å².